The first-order valence-electron chi connectivity index (χ1n) is 8.37. The lowest BCUT2D eigenvalue weighted by atomic mass is 10.2. The minimum absolute atomic E-state index is 0.0540. The Labute approximate surface area is 154 Å². The molecule has 26 heavy (non-hydrogen) atoms. The van der Waals surface area contributed by atoms with Crippen LogP contribution in [-0.2, 0) is 11.3 Å². The first kappa shape index (κ1) is 16.9. The largest absolute Gasteiger partial charge is 0.506 e. The minimum atomic E-state index is -0.171. The number of nitrogens with zero attached hydrogens (tertiary/aromatic N) is 4. The van der Waals surface area contributed by atoms with Gasteiger partial charge in [0.25, 0.3) is 0 Å². The third-order valence-corrected chi connectivity index (χ3v) is 4.77. The van der Waals surface area contributed by atoms with Gasteiger partial charge in [-0.05, 0) is 37.0 Å². The molecule has 3 heterocycles. The Hall–Kier alpha value is -2.58. The van der Waals surface area contributed by atoms with Gasteiger partial charge in [0.2, 0.25) is 0 Å². The normalized spacial score (nSPS) is 17.5. The number of rotatable bonds is 4. The number of benzene rings is 1. The summed E-state index contributed by atoms with van der Waals surface area (Å²) in [7, 11) is 0. The summed E-state index contributed by atoms with van der Waals surface area (Å²) in [5, 5.41) is 22.5. The number of imidazole rings is 1. The second-order valence-electron chi connectivity index (χ2n) is 6.17. The molecule has 1 fully saturated rings. The summed E-state index contributed by atoms with van der Waals surface area (Å²) < 4.78 is 7.74. The number of anilines is 1. The van der Waals surface area contributed by atoms with Crippen LogP contribution >= 0.6 is 11.6 Å². The van der Waals surface area contributed by atoms with E-state index in [1.807, 2.05) is 4.57 Å². The Bertz CT molecular complexity index is 916. The molecule has 2 aromatic heterocycles. The molecule has 4 rings (SSSR count). The molecule has 9 heteroatoms. The number of fused-ring (bicyclic) bond motifs is 1. The van der Waals surface area contributed by atoms with E-state index >= 15 is 0 Å². The summed E-state index contributed by atoms with van der Waals surface area (Å²) in [6.07, 6.45) is 6.27. The second kappa shape index (κ2) is 6.97. The van der Waals surface area contributed by atoms with Gasteiger partial charge in [-0.3, -0.25) is 4.57 Å². The minimum Gasteiger partial charge on any atom is -0.506 e. The van der Waals surface area contributed by atoms with E-state index in [9.17, 15) is 10.2 Å². The van der Waals surface area contributed by atoms with E-state index in [1.165, 1.54) is 18.5 Å². The van der Waals surface area contributed by atoms with Crippen LogP contribution in [0.1, 0.15) is 31.1 Å². The molecule has 1 aromatic carbocycles. The van der Waals surface area contributed by atoms with Crippen LogP contribution in [0, 0.1) is 0 Å². The highest BCUT2D eigenvalue weighted by Crippen LogP contribution is 2.34. The van der Waals surface area contributed by atoms with E-state index in [-0.39, 0.29) is 22.7 Å². The van der Waals surface area contributed by atoms with Crippen molar-refractivity contribution >= 4 is 28.6 Å². The Morgan fingerprint density at radius 2 is 2.00 bits per heavy atom. The fourth-order valence-electron chi connectivity index (χ4n) is 3.07. The zero-order valence-corrected chi connectivity index (χ0v) is 14.6. The van der Waals surface area contributed by atoms with Gasteiger partial charge in [0.05, 0.1) is 6.33 Å². The maximum atomic E-state index is 9.72. The van der Waals surface area contributed by atoms with Gasteiger partial charge < -0.3 is 20.3 Å². The number of aromatic nitrogens is 4. The van der Waals surface area contributed by atoms with Crippen LogP contribution in [0.25, 0.3) is 11.2 Å². The molecule has 8 nitrogen and oxygen atoms in total. The van der Waals surface area contributed by atoms with Gasteiger partial charge in [-0.1, -0.05) is 11.6 Å². The second-order valence-corrected chi connectivity index (χ2v) is 6.55. The molecule has 3 N–H and O–H groups in total. The van der Waals surface area contributed by atoms with Gasteiger partial charge >= 0.3 is 0 Å². The maximum Gasteiger partial charge on any atom is 0.167 e. The molecule has 1 unspecified atom stereocenters. The molecular weight excluding hydrogens is 358 g/mol. The summed E-state index contributed by atoms with van der Waals surface area (Å²) in [4.78, 5) is 13.0. The molecule has 0 saturated carbocycles. The fraction of sp³-hybridized carbons (Fsp3) is 0.353. The van der Waals surface area contributed by atoms with E-state index in [4.69, 9.17) is 16.3 Å². The van der Waals surface area contributed by atoms with Crippen LogP contribution in [0.2, 0.25) is 5.02 Å². The van der Waals surface area contributed by atoms with Gasteiger partial charge in [0.1, 0.15) is 29.1 Å². The summed E-state index contributed by atoms with van der Waals surface area (Å²) in [6.45, 7) is 1.07. The van der Waals surface area contributed by atoms with Crippen molar-refractivity contribution in [3.05, 3.63) is 35.4 Å². The highest BCUT2D eigenvalue weighted by atomic mass is 35.5. The van der Waals surface area contributed by atoms with E-state index in [1.54, 1.807) is 6.33 Å². The fourth-order valence-corrected chi connectivity index (χ4v) is 3.18. The van der Waals surface area contributed by atoms with Crippen molar-refractivity contribution in [3.63, 3.8) is 0 Å². The molecule has 1 atom stereocenters. The predicted molar refractivity (Wildman–Crippen MR) is 96.3 cm³/mol. The number of aromatic hydroxyl groups is 2. The summed E-state index contributed by atoms with van der Waals surface area (Å²) in [6, 6.07) is 2.98. The molecule has 0 radical (unpaired) electrons. The molecule has 136 valence electrons. The molecule has 3 aromatic rings. The van der Waals surface area contributed by atoms with Gasteiger partial charge in [-0.25, -0.2) is 15.0 Å². The topological polar surface area (TPSA) is 105 Å². The smallest absolute Gasteiger partial charge is 0.167 e. The van der Waals surface area contributed by atoms with E-state index in [2.05, 4.69) is 20.3 Å². The van der Waals surface area contributed by atoms with Crippen LogP contribution in [0.4, 0.5) is 5.82 Å². The zero-order valence-electron chi connectivity index (χ0n) is 13.9. The number of nitrogens with one attached hydrogen (secondary N) is 1. The molecule has 1 aliphatic rings. The van der Waals surface area contributed by atoms with Gasteiger partial charge in [-0.15, -0.1) is 0 Å². The molecule has 0 amide bonds. The zero-order chi connectivity index (χ0) is 18.1. The Kier molecular flexibility index (Phi) is 4.52. The standard InChI is InChI=1S/C17H18ClN5O3/c18-14-11(24)5-10(6-12(14)25)7-19-16-15-17(21-8-20-16)23(9-22-15)13-3-1-2-4-26-13/h5-6,8-9,13,24-25H,1-4,7H2,(H,19,20,21). The maximum absolute atomic E-state index is 9.72. The molecule has 1 aliphatic heterocycles. The molecule has 0 aliphatic carbocycles. The monoisotopic (exact) mass is 375 g/mol. The number of phenolic OH excluding ortho intramolecular Hbond substituents is 2. The van der Waals surface area contributed by atoms with Crippen molar-refractivity contribution in [2.45, 2.75) is 32.0 Å². The van der Waals surface area contributed by atoms with E-state index in [0.717, 1.165) is 25.9 Å². The SMILES string of the molecule is Oc1cc(CNc2ncnc3c2ncn3C2CCCCO2)cc(O)c1Cl. The van der Waals surface area contributed by atoms with Crippen LogP contribution in [0.5, 0.6) is 11.5 Å². The third kappa shape index (κ3) is 3.13. The van der Waals surface area contributed by atoms with Crippen molar-refractivity contribution in [1.29, 1.82) is 0 Å². The first-order chi connectivity index (χ1) is 12.6. The average Bonchev–Trinajstić information content (AvgIpc) is 3.09. The highest BCUT2D eigenvalue weighted by molar-refractivity contribution is 6.33. The molecule has 0 bridgehead atoms. The molecular formula is C17H18ClN5O3. The van der Waals surface area contributed by atoms with Crippen LogP contribution in [0.15, 0.2) is 24.8 Å². The predicted octanol–water partition coefficient (Wildman–Crippen LogP) is 3.20. The van der Waals surface area contributed by atoms with Gasteiger partial charge in [-0.2, -0.15) is 0 Å². The van der Waals surface area contributed by atoms with Crippen LogP contribution < -0.4 is 5.32 Å². The molecule has 1 saturated heterocycles. The number of hydrogen-bond acceptors (Lipinski definition) is 7. The Morgan fingerprint density at radius 3 is 2.73 bits per heavy atom. The van der Waals surface area contributed by atoms with Gasteiger partial charge in [0.15, 0.2) is 17.0 Å². The number of halogens is 1. The van der Waals surface area contributed by atoms with Crippen molar-refractivity contribution in [3.8, 4) is 11.5 Å². The highest BCUT2D eigenvalue weighted by Gasteiger charge is 2.20. The van der Waals surface area contributed by atoms with Crippen molar-refractivity contribution in [2.75, 3.05) is 11.9 Å². The summed E-state index contributed by atoms with van der Waals surface area (Å²) in [5.41, 5.74) is 2.01. The Morgan fingerprint density at radius 1 is 1.19 bits per heavy atom. The summed E-state index contributed by atoms with van der Waals surface area (Å²) in [5.74, 6) is 0.226. The third-order valence-electron chi connectivity index (χ3n) is 4.38. The van der Waals surface area contributed by atoms with Crippen molar-refractivity contribution < 1.29 is 14.9 Å². The van der Waals surface area contributed by atoms with E-state index < -0.39 is 0 Å². The lowest BCUT2D eigenvalue weighted by Gasteiger charge is -2.23. The number of hydrogen-bond donors (Lipinski definition) is 3. The first-order valence-corrected chi connectivity index (χ1v) is 8.74. The summed E-state index contributed by atoms with van der Waals surface area (Å²) >= 11 is 5.76. The van der Waals surface area contributed by atoms with Crippen LogP contribution in [0.3, 0.4) is 0 Å². The van der Waals surface area contributed by atoms with Gasteiger partial charge in [0, 0.05) is 13.2 Å². The Balaban J connectivity index is 1.58. The van der Waals surface area contributed by atoms with E-state index in [0.29, 0.717) is 29.1 Å². The molecule has 0 spiro atoms. The van der Waals surface area contributed by atoms with Crippen LogP contribution in [-0.4, -0.2) is 36.3 Å². The quantitative estimate of drug-likeness (QED) is 0.643. The van der Waals surface area contributed by atoms with Crippen molar-refractivity contribution in [2.24, 2.45) is 0 Å². The lowest BCUT2D eigenvalue weighted by molar-refractivity contribution is -0.0298. The average molecular weight is 376 g/mol. The number of phenols is 2. The van der Waals surface area contributed by atoms with Crippen molar-refractivity contribution in [1.82, 2.24) is 19.5 Å². The number of ether oxygens (including phenoxy) is 1. The lowest BCUT2D eigenvalue weighted by Crippen LogP contribution is -2.17.